The van der Waals surface area contributed by atoms with Crippen LogP contribution in [-0.4, -0.2) is 23.2 Å². The molecular formula is C16H21N3O4. The molecule has 1 fully saturated rings. The summed E-state index contributed by atoms with van der Waals surface area (Å²) in [6.07, 6.45) is 3.99. The maximum Gasteiger partial charge on any atom is 0.338 e. The van der Waals surface area contributed by atoms with E-state index in [1.165, 1.54) is 18.2 Å². The minimum atomic E-state index is -0.574. The zero-order chi connectivity index (χ0) is 16.8. The molecule has 23 heavy (non-hydrogen) atoms. The van der Waals surface area contributed by atoms with Crippen LogP contribution in [0.4, 0.5) is 11.4 Å². The molecule has 7 heteroatoms. The number of hydrazone groups is 1. The fraction of sp³-hybridized carbons (Fsp3) is 0.500. The highest BCUT2D eigenvalue weighted by Gasteiger charge is 2.19. The molecular weight excluding hydrogens is 298 g/mol. The molecule has 0 atom stereocenters. The van der Waals surface area contributed by atoms with Crippen LogP contribution in [0.5, 0.6) is 0 Å². The molecule has 7 nitrogen and oxygen atoms in total. The lowest BCUT2D eigenvalue weighted by Crippen LogP contribution is -2.13. The lowest BCUT2D eigenvalue weighted by Gasteiger charge is -2.18. The molecule has 0 aliphatic heterocycles. The number of anilines is 1. The van der Waals surface area contributed by atoms with Gasteiger partial charge in [0.1, 0.15) is 5.69 Å². The van der Waals surface area contributed by atoms with Crippen LogP contribution in [0.3, 0.4) is 0 Å². The molecule has 1 saturated carbocycles. The van der Waals surface area contributed by atoms with E-state index in [2.05, 4.69) is 17.5 Å². The summed E-state index contributed by atoms with van der Waals surface area (Å²) in [6, 6.07) is 4.19. The van der Waals surface area contributed by atoms with Crippen LogP contribution >= 0.6 is 0 Å². The third-order valence-corrected chi connectivity index (χ3v) is 3.89. The summed E-state index contributed by atoms with van der Waals surface area (Å²) in [5, 5.41) is 15.5. The van der Waals surface area contributed by atoms with Crippen molar-refractivity contribution < 1.29 is 14.5 Å². The first-order valence-electron chi connectivity index (χ1n) is 7.78. The van der Waals surface area contributed by atoms with Gasteiger partial charge in [-0.3, -0.25) is 15.5 Å². The number of esters is 1. The summed E-state index contributed by atoms with van der Waals surface area (Å²) in [4.78, 5) is 22.4. The van der Waals surface area contributed by atoms with Gasteiger partial charge in [-0.1, -0.05) is 6.92 Å². The van der Waals surface area contributed by atoms with Crippen LogP contribution in [0, 0.1) is 16.0 Å². The summed E-state index contributed by atoms with van der Waals surface area (Å²) in [6.45, 7) is 4.12. The maximum atomic E-state index is 11.7. The van der Waals surface area contributed by atoms with Crippen LogP contribution in [0.1, 0.15) is 49.9 Å². The molecule has 0 radical (unpaired) electrons. The summed E-state index contributed by atoms with van der Waals surface area (Å²) < 4.78 is 4.86. The lowest BCUT2D eigenvalue weighted by atomic mass is 9.90. The van der Waals surface area contributed by atoms with Gasteiger partial charge < -0.3 is 4.74 Å². The van der Waals surface area contributed by atoms with Crippen molar-refractivity contribution >= 4 is 23.1 Å². The summed E-state index contributed by atoms with van der Waals surface area (Å²) >= 11 is 0. The van der Waals surface area contributed by atoms with Crippen molar-refractivity contribution in [3.8, 4) is 0 Å². The largest absolute Gasteiger partial charge is 0.462 e. The molecule has 0 spiro atoms. The number of nitro benzene ring substituents is 1. The van der Waals surface area contributed by atoms with Crippen molar-refractivity contribution in [3.63, 3.8) is 0 Å². The molecule has 0 unspecified atom stereocenters. The van der Waals surface area contributed by atoms with E-state index >= 15 is 0 Å². The Kier molecular flexibility index (Phi) is 5.67. The Morgan fingerprint density at radius 3 is 2.74 bits per heavy atom. The summed E-state index contributed by atoms with van der Waals surface area (Å²) in [7, 11) is 0. The van der Waals surface area contributed by atoms with Crippen LogP contribution < -0.4 is 5.43 Å². The number of rotatable bonds is 5. The van der Waals surface area contributed by atoms with Crippen molar-refractivity contribution in [2.24, 2.45) is 11.0 Å². The molecule has 0 heterocycles. The third-order valence-electron chi connectivity index (χ3n) is 3.89. The van der Waals surface area contributed by atoms with E-state index in [0.717, 1.165) is 31.4 Å². The Bertz CT molecular complexity index is 618. The number of hydrogen-bond acceptors (Lipinski definition) is 6. The van der Waals surface area contributed by atoms with E-state index in [1.807, 2.05) is 0 Å². The van der Waals surface area contributed by atoms with E-state index < -0.39 is 10.9 Å². The number of carbonyl (C=O) groups is 1. The van der Waals surface area contributed by atoms with Crippen LogP contribution in [0.25, 0.3) is 0 Å². The second-order valence-electron chi connectivity index (χ2n) is 5.68. The quantitative estimate of drug-likeness (QED) is 0.507. The number of nitrogens with one attached hydrogen (secondary N) is 1. The van der Waals surface area contributed by atoms with E-state index in [9.17, 15) is 14.9 Å². The van der Waals surface area contributed by atoms with Gasteiger partial charge in [0.2, 0.25) is 0 Å². The Labute approximate surface area is 134 Å². The standard InChI is InChI=1S/C16H21N3O4/c1-3-23-16(20)12-6-9-14(15(10-12)19(21)22)18-17-13-7-4-11(2)5-8-13/h6,9-11,18H,3-5,7-8H2,1-2H3. The lowest BCUT2D eigenvalue weighted by molar-refractivity contribution is -0.384. The van der Waals surface area contributed by atoms with Gasteiger partial charge in [0.25, 0.3) is 5.69 Å². The average Bonchev–Trinajstić information content (AvgIpc) is 2.54. The molecule has 1 aromatic carbocycles. The van der Waals surface area contributed by atoms with Crippen molar-refractivity contribution in [1.29, 1.82) is 0 Å². The average molecular weight is 319 g/mol. The third kappa shape index (κ3) is 4.51. The molecule has 0 aromatic heterocycles. The Morgan fingerprint density at radius 2 is 2.13 bits per heavy atom. The topological polar surface area (TPSA) is 93.8 Å². The monoisotopic (exact) mass is 319 g/mol. The smallest absolute Gasteiger partial charge is 0.338 e. The maximum absolute atomic E-state index is 11.7. The van der Waals surface area contributed by atoms with Gasteiger partial charge in [-0.2, -0.15) is 5.10 Å². The highest BCUT2D eigenvalue weighted by molar-refractivity contribution is 5.91. The normalized spacial score (nSPS) is 17.5. The van der Waals surface area contributed by atoms with E-state index in [1.54, 1.807) is 6.92 Å². The highest BCUT2D eigenvalue weighted by Crippen LogP contribution is 2.27. The van der Waals surface area contributed by atoms with Crippen LogP contribution in [0.15, 0.2) is 23.3 Å². The molecule has 1 aliphatic carbocycles. The van der Waals surface area contributed by atoms with Gasteiger partial charge in [0.15, 0.2) is 0 Å². The van der Waals surface area contributed by atoms with Gasteiger partial charge in [-0.05, 0) is 50.7 Å². The van der Waals surface area contributed by atoms with E-state index in [4.69, 9.17) is 4.74 Å². The predicted molar refractivity (Wildman–Crippen MR) is 87.7 cm³/mol. The highest BCUT2D eigenvalue weighted by atomic mass is 16.6. The summed E-state index contributed by atoms with van der Waals surface area (Å²) in [5.41, 5.74) is 4.03. The zero-order valence-electron chi connectivity index (χ0n) is 13.4. The van der Waals surface area contributed by atoms with Crippen molar-refractivity contribution in [1.82, 2.24) is 0 Å². The predicted octanol–water partition coefficient (Wildman–Crippen LogP) is 3.75. The van der Waals surface area contributed by atoms with Gasteiger partial charge in [-0.25, -0.2) is 4.79 Å². The first-order valence-corrected chi connectivity index (χ1v) is 7.78. The molecule has 1 N–H and O–H groups in total. The minimum absolute atomic E-state index is 0.156. The fourth-order valence-corrected chi connectivity index (χ4v) is 2.47. The molecule has 124 valence electrons. The van der Waals surface area contributed by atoms with Crippen molar-refractivity contribution in [3.05, 3.63) is 33.9 Å². The second-order valence-corrected chi connectivity index (χ2v) is 5.68. The SMILES string of the molecule is CCOC(=O)c1ccc(NN=C2CCC(C)CC2)c([N+](=O)[O-])c1. The number of carbonyl (C=O) groups excluding carboxylic acids is 1. The Balaban J connectivity index is 2.16. The second kappa shape index (κ2) is 7.71. The summed E-state index contributed by atoms with van der Waals surface area (Å²) in [5.74, 6) is 0.127. The molecule has 2 rings (SSSR count). The van der Waals surface area contributed by atoms with Crippen molar-refractivity contribution in [2.75, 3.05) is 12.0 Å². The number of ether oxygens (including phenoxy) is 1. The van der Waals surface area contributed by atoms with E-state index in [0.29, 0.717) is 5.92 Å². The van der Waals surface area contributed by atoms with Gasteiger partial charge in [-0.15, -0.1) is 0 Å². The molecule has 1 aromatic rings. The number of benzene rings is 1. The number of nitrogens with zero attached hydrogens (tertiary/aromatic N) is 2. The Morgan fingerprint density at radius 1 is 1.43 bits per heavy atom. The molecule has 1 aliphatic rings. The first kappa shape index (κ1) is 16.9. The first-order chi connectivity index (χ1) is 11.0. The number of hydrogen-bond donors (Lipinski definition) is 1. The molecule has 0 bridgehead atoms. The number of nitro groups is 1. The van der Waals surface area contributed by atoms with Crippen molar-refractivity contribution in [2.45, 2.75) is 39.5 Å². The zero-order valence-corrected chi connectivity index (χ0v) is 13.4. The van der Waals surface area contributed by atoms with Crippen LogP contribution in [0.2, 0.25) is 0 Å². The van der Waals surface area contributed by atoms with Gasteiger partial charge >= 0.3 is 5.97 Å². The van der Waals surface area contributed by atoms with E-state index in [-0.39, 0.29) is 23.5 Å². The van der Waals surface area contributed by atoms with Gasteiger partial charge in [0, 0.05) is 11.8 Å². The minimum Gasteiger partial charge on any atom is -0.462 e. The Hall–Kier alpha value is -2.44. The van der Waals surface area contributed by atoms with Crippen LogP contribution in [-0.2, 0) is 4.74 Å². The molecule has 0 amide bonds. The van der Waals surface area contributed by atoms with Gasteiger partial charge in [0.05, 0.1) is 17.1 Å². The molecule has 0 saturated heterocycles. The fourth-order valence-electron chi connectivity index (χ4n) is 2.47.